The molecule has 31 heavy (non-hydrogen) atoms. The van der Waals surface area contributed by atoms with Crippen molar-refractivity contribution in [3.8, 4) is 5.75 Å². The van der Waals surface area contributed by atoms with Gasteiger partial charge in [0.15, 0.2) is 17.4 Å². The van der Waals surface area contributed by atoms with Gasteiger partial charge in [-0.05, 0) is 26.3 Å². The molecule has 0 aliphatic carbocycles. The maximum absolute atomic E-state index is 14.3. The van der Waals surface area contributed by atoms with E-state index in [1.165, 1.54) is 13.8 Å². The fourth-order valence-corrected chi connectivity index (χ4v) is 3.68. The minimum atomic E-state index is -2.00. The normalized spacial score (nSPS) is 10.6. The quantitative estimate of drug-likeness (QED) is 0.376. The summed E-state index contributed by atoms with van der Waals surface area (Å²) in [6, 6.07) is 0. The minimum Gasteiger partial charge on any atom is -0.491 e. The summed E-state index contributed by atoms with van der Waals surface area (Å²) in [5, 5.41) is 1.69. The maximum Gasteiger partial charge on any atom is 0.348 e. The van der Waals surface area contributed by atoms with Crippen molar-refractivity contribution < 1.29 is 46.2 Å². The second-order valence-corrected chi connectivity index (χ2v) is 6.84. The second-order valence-electron chi connectivity index (χ2n) is 5.82. The van der Waals surface area contributed by atoms with E-state index in [-0.39, 0.29) is 34.2 Å². The van der Waals surface area contributed by atoms with Crippen LogP contribution in [-0.2, 0) is 9.47 Å². The molecule has 1 aromatic heterocycles. The first-order valence-corrected chi connectivity index (χ1v) is 9.61. The number of ether oxygens (including phenoxy) is 3. The Hall–Kier alpha value is -3.15. The predicted molar refractivity (Wildman–Crippen MR) is 102 cm³/mol. The van der Waals surface area contributed by atoms with Crippen molar-refractivity contribution in [2.24, 2.45) is 0 Å². The van der Waals surface area contributed by atoms with Crippen LogP contribution in [0.15, 0.2) is 0 Å². The van der Waals surface area contributed by atoms with Crippen molar-refractivity contribution in [3.05, 3.63) is 44.8 Å². The Morgan fingerprint density at radius 3 is 1.87 bits per heavy atom. The third-order valence-corrected chi connectivity index (χ3v) is 5.16. The van der Waals surface area contributed by atoms with E-state index in [0.717, 1.165) is 7.11 Å². The number of thiophene rings is 1. The van der Waals surface area contributed by atoms with Crippen molar-refractivity contribution in [3.63, 3.8) is 0 Å². The van der Waals surface area contributed by atoms with Gasteiger partial charge in [0.05, 0.1) is 25.9 Å². The van der Waals surface area contributed by atoms with Crippen LogP contribution in [0.25, 0.3) is 0 Å². The molecule has 0 radical (unpaired) electrons. The summed E-state index contributed by atoms with van der Waals surface area (Å²) in [6.45, 7) is 4.41. The molecule has 0 bridgehead atoms. The molecule has 0 saturated heterocycles. The van der Waals surface area contributed by atoms with Gasteiger partial charge < -0.3 is 19.5 Å². The number of benzene rings is 1. The standard InChI is InChI=1S/C19H17F4NO6S/c1-5-29-18(26)8-7(3)15(19(27)30-6-2)31-17(8)24-16(25)9-10(20)12(22)14(28-4)13(23)11(9)21/h5-6H2,1-4H3,(H,24,25). The molecular weight excluding hydrogens is 446 g/mol. The van der Waals surface area contributed by atoms with E-state index in [4.69, 9.17) is 9.47 Å². The molecule has 1 N–H and O–H groups in total. The Balaban J connectivity index is 2.58. The first kappa shape index (κ1) is 24.1. The second kappa shape index (κ2) is 9.77. The predicted octanol–water partition coefficient (Wildman–Crippen LogP) is 4.23. The lowest BCUT2D eigenvalue weighted by Crippen LogP contribution is -2.20. The summed E-state index contributed by atoms with van der Waals surface area (Å²) >= 11 is 0.575. The van der Waals surface area contributed by atoms with Crippen molar-refractivity contribution >= 4 is 34.2 Å². The smallest absolute Gasteiger partial charge is 0.348 e. The average molecular weight is 463 g/mol. The Morgan fingerprint density at radius 1 is 0.871 bits per heavy atom. The molecule has 2 aromatic rings. The zero-order valence-electron chi connectivity index (χ0n) is 16.8. The van der Waals surface area contributed by atoms with Gasteiger partial charge in [0.25, 0.3) is 5.91 Å². The fraction of sp³-hybridized carbons (Fsp3) is 0.316. The number of hydrogen-bond acceptors (Lipinski definition) is 7. The molecule has 1 aromatic carbocycles. The molecule has 2 rings (SSSR count). The van der Waals surface area contributed by atoms with Gasteiger partial charge in [-0.25, -0.2) is 18.4 Å². The molecule has 7 nitrogen and oxygen atoms in total. The first-order chi connectivity index (χ1) is 14.6. The van der Waals surface area contributed by atoms with Crippen LogP contribution in [0.5, 0.6) is 5.75 Å². The highest BCUT2D eigenvalue weighted by Crippen LogP contribution is 2.36. The summed E-state index contributed by atoms with van der Waals surface area (Å²) in [7, 11) is 0.789. The first-order valence-electron chi connectivity index (χ1n) is 8.79. The molecule has 168 valence electrons. The average Bonchev–Trinajstić information content (AvgIpc) is 3.03. The summed E-state index contributed by atoms with van der Waals surface area (Å²) in [6.07, 6.45) is 0. The number of methoxy groups -OCH3 is 1. The maximum atomic E-state index is 14.3. The third kappa shape index (κ3) is 4.48. The van der Waals surface area contributed by atoms with Crippen molar-refractivity contribution in [2.75, 3.05) is 25.6 Å². The summed E-state index contributed by atoms with van der Waals surface area (Å²) < 4.78 is 70.4. The third-order valence-electron chi connectivity index (χ3n) is 3.97. The summed E-state index contributed by atoms with van der Waals surface area (Å²) in [4.78, 5) is 36.9. The SMILES string of the molecule is CCOC(=O)c1sc(NC(=O)c2c(F)c(F)c(OC)c(F)c2F)c(C(=O)OCC)c1C. The molecule has 0 atom stereocenters. The molecule has 0 fully saturated rings. The van der Waals surface area contributed by atoms with Gasteiger partial charge >= 0.3 is 11.9 Å². The monoisotopic (exact) mass is 463 g/mol. The van der Waals surface area contributed by atoms with Crippen LogP contribution in [0, 0.1) is 30.2 Å². The Kier molecular flexibility index (Phi) is 7.60. The van der Waals surface area contributed by atoms with Gasteiger partial charge in [-0.3, -0.25) is 4.79 Å². The van der Waals surface area contributed by atoms with Crippen LogP contribution < -0.4 is 10.1 Å². The molecule has 0 unspecified atom stereocenters. The molecule has 0 aliphatic heterocycles. The van der Waals surface area contributed by atoms with Crippen LogP contribution in [0.2, 0.25) is 0 Å². The van der Waals surface area contributed by atoms with E-state index >= 15 is 0 Å². The number of esters is 2. The lowest BCUT2D eigenvalue weighted by Gasteiger charge is -2.11. The van der Waals surface area contributed by atoms with Gasteiger partial charge in [0, 0.05) is 0 Å². The van der Waals surface area contributed by atoms with E-state index in [1.807, 2.05) is 5.32 Å². The van der Waals surface area contributed by atoms with E-state index in [9.17, 15) is 31.9 Å². The van der Waals surface area contributed by atoms with Gasteiger partial charge in [-0.1, -0.05) is 0 Å². The molecule has 1 amide bonds. The minimum absolute atomic E-state index is 0.0213. The van der Waals surface area contributed by atoms with Gasteiger partial charge in [0.2, 0.25) is 11.6 Å². The van der Waals surface area contributed by atoms with E-state index in [0.29, 0.717) is 11.3 Å². The molecule has 12 heteroatoms. The van der Waals surface area contributed by atoms with Crippen LogP contribution >= 0.6 is 11.3 Å². The highest BCUT2D eigenvalue weighted by atomic mass is 32.1. The molecular formula is C19H17F4NO6S. The molecule has 0 spiro atoms. The van der Waals surface area contributed by atoms with Gasteiger partial charge in [0.1, 0.15) is 15.4 Å². The number of amides is 1. The molecule has 0 aliphatic rings. The van der Waals surface area contributed by atoms with Crippen LogP contribution in [0.3, 0.4) is 0 Å². The van der Waals surface area contributed by atoms with Crippen LogP contribution in [-0.4, -0.2) is 38.2 Å². The number of carbonyl (C=O) groups is 3. The lowest BCUT2D eigenvalue weighted by molar-refractivity contribution is 0.0527. The highest BCUT2D eigenvalue weighted by molar-refractivity contribution is 7.18. The van der Waals surface area contributed by atoms with Crippen molar-refractivity contribution in [1.82, 2.24) is 0 Å². The fourth-order valence-electron chi connectivity index (χ4n) is 2.60. The summed E-state index contributed by atoms with van der Waals surface area (Å²) in [5.41, 5.74) is -1.75. The Morgan fingerprint density at radius 2 is 1.39 bits per heavy atom. The van der Waals surface area contributed by atoms with E-state index in [2.05, 4.69) is 4.74 Å². The van der Waals surface area contributed by atoms with E-state index in [1.54, 1.807) is 6.92 Å². The van der Waals surface area contributed by atoms with Gasteiger partial charge in [-0.2, -0.15) is 8.78 Å². The largest absolute Gasteiger partial charge is 0.491 e. The van der Waals surface area contributed by atoms with Crippen molar-refractivity contribution in [1.29, 1.82) is 0 Å². The number of rotatable bonds is 7. The Bertz CT molecular complexity index is 1020. The van der Waals surface area contributed by atoms with E-state index < -0.39 is 52.4 Å². The number of halogens is 4. The number of carbonyl (C=O) groups excluding carboxylic acids is 3. The lowest BCUT2D eigenvalue weighted by atomic mass is 10.1. The van der Waals surface area contributed by atoms with Gasteiger partial charge in [-0.15, -0.1) is 11.3 Å². The number of hydrogen-bond donors (Lipinski definition) is 1. The topological polar surface area (TPSA) is 90.9 Å². The molecule has 0 saturated carbocycles. The zero-order chi connectivity index (χ0) is 23.5. The van der Waals surface area contributed by atoms with Crippen LogP contribution in [0.1, 0.15) is 49.8 Å². The summed E-state index contributed by atoms with van der Waals surface area (Å²) in [5.74, 6) is -12.5. The Labute approximate surface area is 177 Å². The molecule has 1 heterocycles. The van der Waals surface area contributed by atoms with Crippen LogP contribution in [0.4, 0.5) is 22.6 Å². The zero-order valence-corrected chi connectivity index (χ0v) is 17.6. The highest BCUT2D eigenvalue weighted by Gasteiger charge is 2.32. The van der Waals surface area contributed by atoms with Crippen molar-refractivity contribution in [2.45, 2.75) is 20.8 Å². The number of nitrogens with one attached hydrogen (secondary N) is 1. The number of anilines is 1.